The molecule has 0 saturated carbocycles. The van der Waals surface area contributed by atoms with Crippen molar-refractivity contribution in [2.45, 2.75) is 6.42 Å². The highest BCUT2D eigenvalue weighted by atomic mass is 35.5. The fraction of sp³-hybridized carbons (Fsp3) is 0.333. The average Bonchev–Trinajstić information content (AvgIpc) is 2.87. The van der Waals surface area contributed by atoms with Gasteiger partial charge in [0.15, 0.2) is 0 Å². The Hall–Kier alpha value is -2.19. The number of non-ortho nitro benzene ring substituents is 1. The SMILES string of the molecule is Cl.NCC(=O)NCC(=O)N1CCc2ccc([N+](=O)[O-])cc21. The van der Waals surface area contributed by atoms with Crippen LogP contribution in [0.15, 0.2) is 18.2 Å². The van der Waals surface area contributed by atoms with E-state index in [0.29, 0.717) is 18.7 Å². The molecule has 3 N–H and O–H groups in total. The molecule has 0 saturated heterocycles. The molecular weight excluding hydrogens is 300 g/mol. The van der Waals surface area contributed by atoms with Crippen molar-refractivity contribution in [2.75, 3.05) is 24.5 Å². The zero-order chi connectivity index (χ0) is 14.7. The Morgan fingerprint density at radius 3 is 2.76 bits per heavy atom. The van der Waals surface area contributed by atoms with Gasteiger partial charge >= 0.3 is 0 Å². The second kappa shape index (κ2) is 7.00. The van der Waals surface area contributed by atoms with Crippen molar-refractivity contribution in [1.82, 2.24) is 5.32 Å². The number of amides is 2. The number of nitrogens with two attached hydrogens (primary N) is 1. The number of benzene rings is 1. The van der Waals surface area contributed by atoms with Gasteiger partial charge in [-0.3, -0.25) is 19.7 Å². The Labute approximate surface area is 126 Å². The zero-order valence-electron chi connectivity index (χ0n) is 11.1. The number of hydrogen-bond donors (Lipinski definition) is 2. The molecule has 1 aliphatic rings. The summed E-state index contributed by atoms with van der Waals surface area (Å²) in [6.07, 6.45) is 0.643. The van der Waals surface area contributed by atoms with Crippen molar-refractivity contribution in [3.63, 3.8) is 0 Å². The van der Waals surface area contributed by atoms with Gasteiger partial charge in [-0.1, -0.05) is 6.07 Å². The van der Waals surface area contributed by atoms with Gasteiger partial charge in [0.05, 0.1) is 23.7 Å². The van der Waals surface area contributed by atoms with E-state index in [1.165, 1.54) is 17.0 Å². The maximum Gasteiger partial charge on any atom is 0.271 e. The highest BCUT2D eigenvalue weighted by Crippen LogP contribution is 2.31. The van der Waals surface area contributed by atoms with E-state index in [9.17, 15) is 19.7 Å². The fourth-order valence-electron chi connectivity index (χ4n) is 2.08. The number of nitrogens with one attached hydrogen (secondary N) is 1. The van der Waals surface area contributed by atoms with E-state index in [4.69, 9.17) is 5.73 Å². The number of fused-ring (bicyclic) bond motifs is 1. The minimum Gasteiger partial charge on any atom is -0.346 e. The van der Waals surface area contributed by atoms with Gasteiger partial charge in [0.2, 0.25) is 11.8 Å². The quantitative estimate of drug-likeness (QED) is 0.598. The molecule has 0 aromatic heterocycles. The molecule has 1 aliphatic heterocycles. The van der Waals surface area contributed by atoms with E-state index in [2.05, 4.69) is 5.32 Å². The smallest absolute Gasteiger partial charge is 0.271 e. The van der Waals surface area contributed by atoms with Crippen LogP contribution in [0.2, 0.25) is 0 Å². The largest absolute Gasteiger partial charge is 0.346 e. The standard InChI is InChI=1S/C12H14N4O4.ClH/c13-6-11(17)14-7-12(18)15-4-3-8-1-2-9(16(19)20)5-10(8)15;/h1-2,5H,3-4,6-7,13H2,(H,14,17);1H. The van der Waals surface area contributed by atoms with Crippen LogP contribution in [0.1, 0.15) is 5.56 Å². The summed E-state index contributed by atoms with van der Waals surface area (Å²) < 4.78 is 0. The molecule has 0 atom stereocenters. The Balaban J connectivity index is 0.00000220. The number of rotatable bonds is 4. The number of nitrogens with zero attached hydrogens (tertiary/aromatic N) is 2. The molecule has 1 heterocycles. The summed E-state index contributed by atoms with van der Waals surface area (Å²) in [7, 11) is 0. The van der Waals surface area contributed by atoms with Gasteiger partial charge < -0.3 is 16.0 Å². The molecule has 114 valence electrons. The second-order valence-electron chi connectivity index (χ2n) is 4.35. The molecule has 0 bridgehead atoms. The van der Waals surface area contributed by atoms with Crippen LogP contribution in [0.25, 0.3) is 0 Å². The maximum absolute atomic E-state index is 12.0. The molecule has 0 aliphatic carbocycles. The molecule has 1 aromatic rings. The van der Waals surface area contributed by atoms with Crippen LogP contribution in [0.3, 0.4) is 0 Å². The predicted octanol–water partition coefficient (Wildman–Crippen LogP) is -0.0194. The first-order valence-corrected chi connectivity index (χ1v) is 6.07. The molecule has 1 aromatic carbocycles. The molecule has 0 fully saturated rings. The van der Waals surface area contributed by atoms with E-state index in [-0.39, 0.29) is 37.1 Å². The Morgan fingerprint density at radius 2 is 2.14 bits per heavy atom. The number of carbonyl (C=O) groups excluding carboxylic acids is 2. The van der Waals surface area contributed by atoms with Gasteiger partial charge in [-0.2, -0.15) is 0 Å². The summed E-state index contributed by atoms with van der Waals surface area (Å²) in [6, 6.07) is 4.45. The van der Waals surface area contributed by atoms with Crippen LogP contribution in [0.5, 0.6) is 0 Å². The molecule has 8 nitrogen and oxygen atoms in total. The average molecular weight is 315 g/mol. The third kappa shape index (κ3) is 3.67. The van der Waals surface area contributed by atoms with Crippen LogP contribution in [0.4, 0.5) is 11.4 Å². The van der Waals surface area contributed by atoms with Gasteiger partial charge in [-0.15, -0.1) is 12.4 Å². The Bertz CT molecular complexity index is 578. The lowest BCUT2D eigenvalue weighted by Gasteiger charge is -2.17. The first-order chi connectivity index (χ1) is 9.52. The molecule has 0 unspecified atom stereocenters. The minimum atomic E-state index is -0.503. The molecule has 0 radical (unpaired) electrons. The summed E-state index contributed by atoms with van der Waals surface area (Å²) in [6.45, 7) is 0.0985. The lowest BCUT2D eigenvalue weighted by Crippen LogP contribution is -2.41. The summed E-state index contributed by atoms with van der Waals surface area (Å²) in [5, 5.41) is 13.2. The topological polar surface area (TPSA) is 119 Å². The number of anilines is 1. The fourth-order valence-corrected chi connectivity index (χ4v) is 2.08. The first kappa shape index (κ1) is 16.9. The van der Waals surface area contributed by atoms with E-state index in [1.807, 2.05) is 0 Å². The highest BCUT2D eigenvalue weighted by molar-refractivity contribution is 5.98. The van der Waals surface area contributed by atoms with E-state index in [1.54, 1.807) is 6.07 Å². The number of hydrogen-bond acceptors (Lipinski definition) is 5. The first-order valence-electron chi connectivity index (χ1n) is 6.07. The van der Waals surface area contributed by atoms with E-state index < -0.39 is 10.8 Å². The van der Waals surface area contributed by atoms with E-state index in [0.717, 1.165) is 5.56 Å². The second-order valence-corrected chi connectivity index (χ2v) is 4.35. The van der Waals surface area contributed by atoms with Crippen LogP contribution in [-0.4, -0.2) is 36.4 Å². The number of halogens is 1. The summed E-state index contributed by atoms with van der Waals surface area (Å²) in [4.78, 5) is 34.7. The van der Waals surface area contributed by atoms with Crippen LogP contribution in [-0.2, 0) is 16.0 Å². The van der Waals surface area contributed by atoms with Gasteiger partial charge in [0, 0.05) is 18.7 Å². The highest BCUT2D eigenvalue weighted by Gasteiger charge is 2.26. The van der Waals surface area contributed by atoms with Gasteiger partial charge in [0.25, 0.3) is 5.69 Å². The number of carbonyl (C=O) groups is 2. The third-order valence-electron chi connectivity index (χ3n) is 3.10. The maximum atomic E-state index is 12.0. The van der Waals surface area contributed by atoms with Crippen molar-refractivity contribution in [1.29, 1.82) is 0 Å². The molecule has 9 heteroatoms. The summed E-state index contributed by atoms with van der Waals surface area (Å²) in [5.74, 6) is -0.733. The van der Waals surface area contributed by atoms with Crippen molar-refractivity contribution < 1.29 is 14.5 Å². The Kier molecular flexibility index (Phi) is 5.62. The lowest BCUT2D eigenvalue weighted by molar-refractivity contribution is -0.384. The van der Waals surface area contributed by atoms with Gasteiger partial charge in [0.1, 0.15) is 0 Å². The number of nitro groups is 1. The monoisotopic (exact) mass is 314 g/mol. The predicted molar refractivity (Wildman–Crippen MR) is 78.5 cm³/mol. The third-order valence-corrected chi connectivity index (χ3v) is 3.10. The lowest BCUT2D eigenvalue weighted by atomic mass is 10.1. The van der Waals surface area contributed by atoms with Crippen LogP contribution in [0, 0.1) is 10.1 Å². The Morgan fingerprint density at radius 1 is 1.43 bits per heavy atom. The zero-order valence-corrected chi connectivity index (χ0v) is 11.9. The molecule has 21 heavy (non-hydrogen) atoms. The van der Waals surface area contributed by atoms with Crippen LogP contribution >= 0.6 is 12.4 Å². The summed E-state index contributed by atoms with van der Waals surface area (Å²) >= 11 is 0. The molecule has 0 spiro atoms. The van der Waals surface area contributed by atoms with Crippen molar-refractivity contribution in [3.8, 4) is 0 Å². The van der Waals surface area contributed by atoms with Crippen molar-refractivity contribution in [2.24, 2.45) is 5.73 Å². The minimum absolute atomic E-state index is 0. The van der Waals surface area contributed by atoms with E-state index >= 15 is 0 Å². The number of nitro benzene ring substituents is 1. The van der Waals surface area contributed by atoms with Crippen molar-refractivity contribution in [3.05, 3.63) is 33.9 Å². The van der Waals surface area contributed by atoms with Gasteiger partial charge in [-0.25, -0.2) is 0 Å². The molecule has 2 rings (SSSR count). The molecular formula is C12H15ClN4O4. The van der Waals surface area contributed by atoms with Crippen LogP contribution < -0.4 is 16.0 Å². The van der Waals surface area contributed by atoms with Crippen molar-refractivity contribution >= 4 is 35.6 Å². The normalized spacial score (nSPS) is 12.3. The van der Waals surface area contributed by atoms with Gasteiger partial charge in [-0.05, 0) is 12.0 Å². The molecule has 2 amide bonds. The summed E-state index contributed by atoms with van der Waals surface area (Å²) in [5.41, 5.74) is 6.49.